The van der Waals surface area contributed by atoms with Crippen molar-refractivity contribution in [1.82, 2.24) is 4.98 Å². The average Bonchev–Trinajstić information content (AvgIpc) is 2.29. The molecule has 17 heavy (non-hydrogen) atoms. The molecule has 88 valence electrons. The predicted octanol–water partition coefficient (Wildman–Crippen LogP) is 2.69. The van der Waals surface area contributed by atoms with E-state index in [9.17, 15) is 4.79 Å². The third kappa shape index (κ3) is 2.44. The maximum absolute atomic E-state index is 10.6. The van der Waals surface area contributed by atoms with Crippen molar-refractivity contribution in [2.75, 3.05) is 6.61 Å². The highest BCUT2D eigenvalue weighted by molar-refractivity contribution is 5.81. The Kier molecular flexibility index (Phi) is 3.09. The zero-order valence-corrected chi connectivity index (χ0v) is 9.21. The molecule has 2 rings (SSSR count). The van der Waals surface area contributed by atoms with Gasteiger partial charge in [0.1, 0.15) is 0 Å². The Morgan fingerprint density at radius 3 is 2.88 bits per heavy atom. The van der Waals surface area contributed by atoms with Crippen LogP contribution in [-0.2, 0) is 0 Å². The van der Waals surface area contributed by atoms with Gasteiger partial charge in [0.15, 0.2) is 5.75 Å². The zero-order valence-electron chi connectivity index (χ0n) is 9.21. The number of hydrogen-bond donors (Lipinski definition) is 1. The molecule has 2 aromatic rings. The second-order valence-electron chi connectivity index (χ2n) is 3.29. The first-order chi connectivity index (χ1) is 8.20. The maximum Gasteiger partial charge on any atom is 0.511 e. The van der Waals surface area contributed by atoms with E-state index >= 15 is 0 Å². The van der Waals surface area contributed by atoms with Gasteiger partial charge in [-0.1, -0.05) is 18.2 Å². The summed E-state index contributed by atoms with van der Waals surface area (Å²) in [7, 11) is 0. The first-order valence-electron chi connectivity index (χ1n) is 5.14. The number of carboxylic acid groups (broad SMARTS) is 1. The molecule has 1 N–H and O–H groups in total. The molecule has 0 radical (unpaired) electrons. The van der Waals surface area contributed by atoms with E-state index in [4.69, 9.17) is 9.84 Å². The number of rotatable bonds is 3. The minimum Gasteiger partial charge on any atom is -0.475 e. The van der Waals surface area contributed by atoms with Crippen molar-refractivity contribution in [3.8, 4) is 11.6 Å². The topological polar surface area (TPSA) is 68.7 Å². The standard InChI is InChI=1S/C12H11NO4/c1-2-16-11-10(17-12(14)15)7-8-5-3-4-6-9(8)13-11/h3-7H,2H2,1H3,(H,14,15). The first-order valence-corrected chi connectivity index (χ1v) is 5.14. The summed E-state index contributed by atoms with van der Waals surface area (Å²) in [4.78, 5) is 14.8. The molecule has 0 bridgehead atoms. The summed E-state index contributed by atoms with van der Waals surface area (Å²) in [5.74, 6) is 0.298. The van der Waals surface area contributed by atoms with Gasteiger partial charge in [0.25, 0.3) is 5.88 Å². The molecule has 1 aromatic heterocycles. The lowest BCUT2D eigenvalue weighted by Gasteiger charge is -2.08. The highest BCUT2D eigenvalue weighted by atomic mass is 16.7. The molecule has 1 heterocycles. The van der Waals surface area contributed by atoms with Crippen LogP contribution in [0, 0.1) is 0 Å². The van der Waals surface area contributed by atoms with Gasteiger partial charge in [0, 0.05) is 5.39 Å². The monoisotopic (exact) mass is 233 g/mol. The number of para-hydroxylation sites is 1. The SMILES string of the molecule is CCOc1nc2ccccc2cc1OC(=O)O. The van der Waals surface area contributed by atoms with Crippen LogP contribution in [0.25, 0.3) is 10.9 Å². The zero-order chi connectivity index (χ0) is 12.3. The molecule has 0 aliphatic rings. The van der Waals surface area contributed by atoms with Gasteiger partial charge in [-0.3, -0.25) is 0 Å². The number of fused-ring (bicyclic) bond motifs is 1. The second-order valence-corrected chi connectivity index (χ2v) is 3.29. The van der Waals surface area contributed by atoms with Gasteiger partial charge in [0.2, 0.25) is 0 Å². The lowest BCUT2D eigenvalue weighted by Crippen LogP contribution is -2.06. The molecule has 0 unspecified atom stereocenters. The van der Waals surface area contributed by atoms with Gasteiger partial charge in [-0.15, -0.1) is 0 Å². The number of benzene rings is 1. The number of carbonyl (C=O) groups is 1. The minimum atomic E-state index is -1.39. The summed E-state index contributed by atoms with van der Waals surface area (Å²) in [5, 5.41) is 9.42. The summed E-state index contributed by atoms with van der Waals surface area (Å²) in [5.41, 5.74) is 0.730. The molecule has 0 aliphatic carbocycles. The lowest BCUT2D eigenvalue weighted by atomic mass is 10.2. The van der Waals surface area contributed by atoms with Crippen LogP contribution in [-0.4, -0.2) is 22.9 Å². The van der Waals surface area contributed by atoms with E-state index in [1.54, 1.807) is 13.0 Å². The Morgan fingerprint density at radius 2 is 2.18 bits per heavy atom. The van der Waals surface area contributed by atoms with Crippen LogP contribution in [0.3, 0.4) is 0 Å². The molecule has 5 heteroatoms. The summed E-state index contributed by atoms with van der Waals surface area (Å²) in [6.07, 6.45) is -1.39. The molecule has 0 saturated heterocycles. The van der Waals surface area contributed by atoms with E-state index in [0.29, 0.717) is 6.61 Å². The van der Waals surface area contributed by atoms with Crippen molar-refractivity contribution in [2.24, 2.45) is 0 Å². The maximum atomic E-state index is 10.6. The third-order valence-electron chi connectivity index (χ3n) is 2.13. The van der Waals surface area contributed by atoms with E-state index in [1.807, 2.05) is 24.3 Å². The molecule has 0 fully saturated rings. The van der Waals surface area contributed by atoms with Crippen molar-refractivity contribution in [3.05, 3.63) is 30.3 Å². The number of nitrogens with zero attached hydrogens (tertiary/aromatic N) is 1. The van der Waals surface area contributed by atoms with Crippen LogP contribution >= 0.6 is 0 Å². The van der Waals surface area contributed by atoms with Crippen LogP contribution in [0.2, 0.25) is 0 Å². The number of ether oxygens (including phenoxy) is 2. The van der Waals surface area contributed by atoms with Gasteiger partial charge in [0.05, 0.1) is 12.1 Å². The second kappa shape index (κ2) is 4.69. The van der Waals surface area contributed by atoms with E-state index in [2.05, 4.69) is 9.72 Å². The van der Waals surface area contributed by atoms with Crippen molar-refractivity contribution >= 4 is 17.1 Å². The van der Waals surface area contributed by atoms with Crippen molar-refractivity contribution < 1.29 is 19.4 Å². The van der Waals surface area contributed by atoms with Crippen molar-refractivity contribution in [2.45, 2.75) is 6.92 Å². The van der Waals surface area contributed by atoms with Crippen LogP contribution < -0.4 is 9.47 Å². The Labute approximate surface area is 97.6 Å². The fourth-order valence-electron chi connectivity index (χ4n) is 1.49. The number of hydrogen-bond acceptors (Lipinski definition) is 4. The smallest absolute Gasteiger partial charge is 0.475 e. The van der Waals surface area contributed by atoms with Crippen LogP contribution in [0.5, 0.6) is 11.6 Å². The summed E-state index contributed by atoms with van der Waals surface area (Å²) in [6.45, 7) is 2.18. The molecule has 0 saturated carbocycles. The van der Waals surface area contributed by atoms with E-state index in [0.717, 1.165) is 10.9 Å². The van der Waals surface area contributed by atoms with E-state index in [-0.39, 0.29) is 11.6 Å². The molecule has 0 atom stereocenters. The molecular formula is C12H11NO4. The fraction of sp³-hybridized carbons (Fsp3) is 0.167. The van der Waals surface area contributed by atoms with Gasteiger partial charge in [-0.05, 0) is 19.1 Å². The van der Waals surface area contributed by atoms with Gasteiger partial charge >= 0.3 is 6.16 Å². The average molecular weight is 233 g/mol. The quantitative estimate of drug-likeness (QED) is 0.825. The summed E-state index contributed by atoms with van der Waals surface area (Å²) < 4.78 is 9.88. The van der Waals surface area contributed by atoms with Crippen molar-refractivity contribution in [3.63, 3.8) is 0 Å². The van der Waals surface area contributed by atoms with Crippen molar-refractivity contribution in [1.29, 1.82) is 0 Å². The largest absolute Gasteiger partial charge is 0.511 e. The minimum absolute atomic E-state index is 0.109. The van der Waals surface area contributed by atoms with Gasteiger partial charge < -0.3 is 14.6 Å². The highest BCUT2D eigenvalue weighted by Gasteiger charge is 2.12. The van der Waals surface area contributed by atoms with Crippen LogP contribution in [0.4, 0.5) is 4.79 Å². The van der Waals surface area contributed by atoms with Crippen LogP contribution in [0.1, 0.15) is 6.92 Å². The lowest BCUT2D eigenvalue weighted by molar-refractivity contribution is 0.142. The summed E-state index contributed by atoms with van der Waals surface area (Å²) in [6, 6.07) is 8.94. The van der Waals surface area contributed by atoms with Gasteiger partial charge in [-0.2, -0.15) is 0 Å². The molecular weight excluding hydrogens is 222 g/mol. The van der Waals surface area contributed by atoms with E-state index in [1.165, 1.54) is 0 Å². The fourth-order valence-corrected chi connectivity index (χ4v) is 1.49. The Morgan fingerprint density at radius 1 is 1.41 bits per heavy atom. The predicted molar refractivity (Wildman–Crippen MR) is 61.6 cm³/mol. The molecule has 1 aromatic carbocycles. The van der Waals surface area contributed by atoms with E-state index < -0.39 is 6.16 Å². The summed E-state index contributed by atoms with van der Waals surface area (Å²) >= 11 is 0. The number of pyridine rings is 1. The normalized spacial score (nSPS) is 10.2. The Hall–Kier alpha value is -2.30. The molecule has 5 nitrogen and oxygen atoms in total. The van der Waals surface area contributed by atoms with Gasteiger partial charge in [-0.25, -0.2) is 9.78 Å². The molecule has 0 aliphatic heterocycles. The molecule has 0 spiro atoms. The first kappa shape index (κ1) is 11.2. The third-order valence-corrected chi connectivity index (χ3v) is 2.13. The Bertz CT molecular complexity index is 553. The number of aromatic nitrogens is 1. The molecule has 0 amide bonds. The highest BCUT2D eigenvalue weighted by Crippen LogP contribution is 2.29. The van der Waals surface area contributed by atoms with Crippen LogP contribution in [0.15, 0.2) is 30.3 Å². The Balaban J connectivity index is 2.53.